The molecule has 2 aliphatic rings. The SMILES string of the molecule is I.NC(=NCCCOCC1CCOCC1)N1CCN(c2ccc(F)cc2)CC1. The van der Waals surface area contributed by atoms with Gasteiger partial charge in [-0.1, -0.05) is 0 Å². The highest BCUT2D eigenvalue weighted by Gasteiger charge is 2.18. The molecule has 2 N–H and O–H groups in total. The summed E-state index contributed by atoms with van der Waals surface area (Å²) in [5.74, 6) is 1.05. The molecule has 8 heteroatoms. The van der Waals surface area contributed by atoms with E-state index in [1.807, 2.05) is 12.1 Å². The van der Waals surface area contributed by atoms with Crippen molar-refractivity contribution in [3.8, 4) is 0 Å². The van der Waals surface area contributed by atoms with E-state index in [0.29, 0.717) is 18.4 Å². The van der Waals surface area contributed by atoms with Crippen molar-refractivity contribution in [2.75, 3.05) is 64.1 Å². The number of anilines is 1. The smallest absolute Gasteiger partial charge is 0.191 e. The second-order valence-corrected chi connectivity index (χ2v) is 7.17. The van der Waals surface area contributed by atoms with E-state index in [1.54, 1.807) is 0 Å². The van der Waals surface area contributed by atoms with Crippen molar-refractivity contribution in [2.45, 2.75) is 19.3 Å². The van der Waals surface area contributed by atoms with Gasteiger partial charge in [-0.05, 0) is 49.4 Å². The second-order valence-electron chi connectivity index (χ2n) is 7.17. The molecule has 0 atom stereocenters. The molecular weight excluding hydrogens is 474 g/mol. The molecule has 2 aliphatic heterocycles. The van der Waals surface area contributed by atoms with Crippen LogP contribution in [-0.4, -0.2) is 70.0 Å². The van der Waals surface area contributed by atoms with Gasteiger partial charge in [-0.2, -0.15) is 0 Å². The van der Waals surface area contributed by atoms with E-state index in [-0.39, 0.29) is 29.8 Å². The molecule has 2 saturated heterocycles. The van der Waals surface area contributed by atoms with E-state index >= 15 is 0 Å². The molecule has 0 amide bonds. The number of piperazine rings is 1. The first-order valence-electron chi connectivity index (χ1n) is 9.93. The predicted molar refractivity (Wildman–Crippen MR) is 121 cm³/mol. The van der Waals surface area contributed by atoms with Crippen LogP contribution in [0, 0.1) is 11.7 Å². The molecule has 6 nitrogen and oxygen atoms in total. The summed E-state index contributed by atoms with van der Waals surface area (Å²) < 4.78 is 24.2. The van der Waals surface area contributed by atoms with Gasteiger partial charge in [-0.25, -0.2) is 4.39 Å². The summed E-state index contributed by atoms with van der Waals surface area (Å²) in [6.45, 7) is 7.34. The monoisotopic (exact) mass is 506 g/mol. The van der Waals surface area contributed by atoms with Crippen LogP contribution in [0.2, 0.25) is 0 Å². The van der Waals surface area contributed by atoms with Gasteiger partial charge >= 0.3 is 0 Å². The highest BCUT2D eigenvalue weighted by molar-refractivity contribution is 14.0. The highest BCUT2D eigenvalue weighted by atomic mass is 127. The van der Waals surface area contributed by atoms with Crippen LogP contribution in [0.15, 0.2) is 29.3 Å². The van der Waals surface area contributed by atoms with E-state index in [0.717, 1.165) is 77.6 Å². The maximum Gasteiger partial charge on any atom is 0.191 e. The van der Waals surface area contributed by atoms with Gasteiger partial charge in [-0.3, -0.25) is 4.99 Å². The molecule has 0 aliphatic carbocycles. The average molecular weight is 506 g/mol. The first-order chi connectivity index (χ1) is 13.2. The molecule has 2 heterocycles. The molecule has 0 spiro atoms. The fraction of sp³-hybridized carbons (Fsp3) is 0.650. The lowest BCUT2D eigenvalue weighted by Crippen LogP contribution is -2.51. The molecule has 3 rings (SSSR count). The molecule has 0 unspecified atom stereocenters. The summed E-state index contributed by atoms with van der Waals surface area (Å²) in [5.41, 5.74) is 7.19. The highest BCUT2D eigenvalue weighted by Crippen LogP contribution is 2.17. The van der Waals surface area contributed by atoms with Gasteiger partial charge in [-0.15, -0.1) is 24.0 Å². The topological polar surface area (TPSA) is 63.3 Å². The van der Waals surface area contributed by atoms with E-state index in [9.17, 15) is 4.39 Å². The fourth-order valence-electron chi connectivity index (χ4n) is 3.47. The Labute approximate surface area is 184 Å². The number of guanidine groups is 1. The van der Waals surface area contributed by atoms with Crippen LogP contribution in [0.5, 0.6) is 0 Å². The van der Waals surface area contributed by atoms with Crippen molar-refractivity contribution in [3.63, 3.8) is 0 Å². The first-order valence-corrected chi connectivity index (χ1v) is 9.93. The minimum atomic E-state index is -0.203. The number of aliphatic imine (C=N–C) groups is 1. The zero-order valence-electron chi connectivity index (χ0n) is 16.4. The van der Waals surface area contributed by atoms with Gasteiger partial charge in [0, 0.05) is 64.8 Å². The van der Waals surface area contributed by atoms with Crippen LogP contribution >= 0.6 is 24.0 Å². The number of nitrogens with two attached hydrogens (primary N) is 1. The van der Waals surface area contributed by atoms with Crippen LogP contribution in [0.4, 0.5) is 10.1 Å². The average Bonchev–Trinajstić information content (AvgIpc) is 2.72. The van der Waals surface area contributed by atoms with Crippen LogP contribution in [0.3, 0.4) is 0 Å². The minimum Gasteiger partial charge on any atom is -0.381 e. The van der Waals surface area contributed by atoms with Gasteiger partial charge < -0.3 is 25.0 Å². The Hall–Kier alpha value is -1.13. The summed E-state index contributed by atoms with van der Waals surface area (Å²) in [4.78, 5) is 8.85. The molecule has 1 aromatic carbocycles. The third-order valence-corrected chi connectivity index (χ3v) is 5.21. The minimum absolute atomic E-state index is 0. The Kier molecular flexibility index (Phi) is 10.3. The van der Waals surface area contributed by atoms with E-state index in [4.69, 9.17) is 15.2 Å². The van der Waals surface area contributed by atoms with Crippen molar-refractivity contribution in [1.29, 1.82) is 0 Å². The molecule has 1 aromatic rings. The van der Waals surface area contributed by atoms with E-state index in [2.05, 4.69) is 14.8 Å². The number of halogens is 2. The van der Waals surface area contributed by atoms with Crippen molar-refractivity contribution in [3.05, 3.63) is 30.1 Å². The van der Waals surface area contributed by atoms with Crippen LogP contribution in [-0.2, 0) is 9.47 Å². The second kappa shape index (κ2) is 12.4. The lowest BCUT2D eigenvalue weighted by atomic mass is 10.0. The third kappa shape index (κ3) is 7.36. The number of rotatable bonds is 7. The maximum absolute atomic E-state index is 13.0. The van der Waals surface area contributed by atoms with E-state index < -0.39 is 0 Å². The summed E-state index contributed by atoms with van der Waals surface area (Å²) in [6.07, 6.45) is 3.10. The molecular formula is C20H32FIN4O2. The number of ether oxygens (including phenoxy) is 2. The molecule has 28 heavy (non-hydrogen) atoms. The van der Waals surface area contributed by atoms with Gasteiger partial charge in [0.25, 0.3) is 0 Å². The molecule has 0 aromatic heterocycles. The van der Waals surface area contributed by atoms with Crippen molar-refractivity contribution >= 4 is 35.6 Å². The summed E-state index contributed by atoms with van der Waals surface area (Å²) in [5, 5.41) is 0. The van der Waals surface area contributed by atoms with Gasteiger partial charge in [0.15, 0.2) is 5.96 Å². The Bertz CT molecular complexity index is 588. The van der Waals surface area contributed by atoms with Gasteiger partial charge in [0.2, 0.25) is 0 Å². The lowest BCUT2D eigenvalue weighted by Gasteiger charge is -2.36. The van der Waals surface area contributed by atoms with Crippen LogP contribution in [0.1, 0.15) is 19.3 Å². The normalized spacial score (nSPS) is 18.8. The molecule has 0 radical (unpaired) electrons. The van der Waals surface area contributed by atoms with Crippen LogP contribution < -0.4 is 10.6 Å². The number of hydrogen-bond donors (Lipinski definition) is 1. The van der Waals surface area contributed by atoms with Crippen molar-refractivity contribution in [2.24, 2.45) is 16.6 Å². The number of hydrogen-bond acceptors (Lipinski definition) is 4. The van der Waals surface area contributed by atoms with E-state index in [1.165, 1.54) is 12.1 Å². The molecule has 0 saturated carbocycles. The number of benzene rings is 1. The quantitative estimate of drug-likeness (QED) is 0.267. The third-order valence-electron chi connectivity index (χ3n) is 5.21. The van der Waals surface area contributed by atoms with Gasteiger partial charge in [0.1, 0.15) is 5.82 Å². The fourth-order valence-corrected chi connectivity index (χ4v) is 3.47. The first kappa shape index (κ1) is 23.2. The predicted octanol–water partition coefficient (Wildman–Crippen LogP) is 2.71. The molecule has 158 valence electrons. The standard InChI is InChI=1S/C20H31FN4O2.HI/c21-18-2-4-19(5-3-18)24-9-11-25(12-10-24)20(22)23-8-1-13-27-16-17-6-14-26-15-7-17;/h2-5,17H,1,6-16H2,(H2,22,23);1H. The lowest BCUT2D eigenvalue weighted by molar-refractivity contribution is 0.0205. The zero-order chi connectivity index (χ0) is 18.9. The Balaban J connectivity index is 0.00000280. The van der Waals surface area contributed by atoms with Crippen LogP contribution in [0.25, 0.3) is 0 Å². The van der Waals surface area contributed by atoms with Crippen molar-refractivity contribution in [1.82, 2.24) is 4.90 Å². The maximum atomic E-state index is 13.0. The Morgan fingerprint density at radius 1 is 1.14 bits per heavy atom. The van der Waals surface area contributed by atoms with Crippen molar-refractivity contribution < 1.29 is 13.9 Å². The summed E-state index contributed by atoms with van der Waals surface area (Å²) >= 11 is 0. The van der Waals surface area contributed by atoms with Gasteiger partial charge in [0.05, 0.1) is 0 Å². The zero-order valence-corrected chi connectivity index (χ0v) is 18.7. The Morgan fingerprint density at radius 3 is 2.50 bits per heavy atom. The Morgan fingerprint density at radius 2 is 1.82 bits per heavy atom. The largest absolute Gasteiger partial charge is 0.381 e. The molecule has 2 fully saturated rings. The summed E-state index contributed by atoms with van der Waals surface area (Å²) in [7, 11) is 0. The number of nitrogens with zero attached hydrogens (tertiary/aromatic N) is 3. The molecule has 0 bridgehead atoms. The summed E-state index contributed by atoms with van der Waals surface area (Å²) in [6, 6.07) is 6.65.